The van der Waals surface area contributed by atoms with Crippen LogP contribution in [0.5, 0.6) is 5.75 Å². The highest BCUT2D eigenvalue weighted by atomic mass is 16.5. The van der Waals surface area contributed by atoms with Crippen LogP contribution in [0.25, 0.3) is 6.08 Å². The Hall–Kier alpha value is -3.14. The standard InChI is InChI=1S/C20H18N2O2/c1-24-19-9-7-18(8-10-19)20(23)11-6-16-2-4-17(5-3-16)14-22-13-12-21-15-22/h2-13,15H,14H2,1H3/b11-6+. The van der Waals surface area contributed by atoms with Gasteiger partial charge in [0.05, 0.1) is 13.4 Å². The third kappa shape index (κ3) is 3.98. The van der Waals surface area contributed by atoms with Gasteiger partial charge in [0.1, 0.15) is 5.75 Å². The Morgan fingerprint density at radius 1 is 1.12 bits per heavy atom. The molecular formula is C20H18N2O2. The first kappa shape index (κ1) is 15.7. The molecule has 24 heavy (non-hydrogen) atoms. The number of rotatable bonds is 6. The van der Waals surface area contributed by atoms with Crippen LogP contribution >= 0.6 is 0 Å². The number of carbonyl (C=O) groups excluding carboxylic acids is 1. The minimum absolute atomic E-state index is 0.0276. The summed E-state index contributed by atoms with van der Waals surface area (Å²) in [5.41, 5.74) is 2.82. The van der Waals surface area contributed by atoms with Gasteiger partial charge in [-0.3, -0.25) is 4.79 Å². The van der Waals surface area contributed by atoms with E-state index in [1.54, 1.807) is 50.0 Å². The first-order valence-corrected chi connectivity index (χ1v) is 7.66. The van der Waals surface area contributed by atoms with Crippen molar-refractivity contribution in [2.45, 2.75) is 6.54 Å². The summed E-state index contributed by atoms with van der Waals surface area (Å²) >= 11 is 0. The zero-order valence-electron chi connectivity index (χ0n) is 13.4. The molecule has 0 aliphatic carbocycles. The molecule has 1 heterocycles. The van der Waals surface area contributed by atoms with Crippen molar-refractivity contribution in [2.24, 2.45) is 0 Å². The number of hydrogen-bond donors (Lipinski definition) is 0. The van der Waals surface area contributed by atoms with Crippen molar-refractivity contribution >= 4 is 11.9 Å². The van der Waals surface area contributed by atoms with Crippen molar-refractivity contribution in [2.75, 3.05) is 7.11 Å². The molecule has 0 aliphatic rings. The molecule has 3 rings (SSSR count). The average Bonchev–Trinajstić information content (AvgIpc) is 3.14. The van der Waals surface area contributed by atoms with Crippen LogP contribution in [0.3, 0.4) is 0 Å². The number of allylic oxidation sites excluding steroid dienone is 1. The van der Waals surface area contributed by atoms with Crippen LogP contribution in [-0.4, -0.2) is 22.4 Å². The maximum atomic E-state index is 12.2. The fourth-order valence-electron chi connectivity index (χ4n) is 2.35. The van der Waals surface area contributed by atoms with Crippen LogP contribution in [0.2, 0.25) is 0 Å². The van der Waals surface area contributed by atoms with Crippen LogP contribution in [0.15, 0.2) is 73.3 Å². The van der Waals surface area contributed by atoms with Gasteiger partial charge in [-0.1, -0.05) is 30.3 Å². The second-order valence-electron chi connectivity index (χ2n) is 5.40. The fraction of sp³-hybridized carbons (Fsp3) is 0.100. The molecule has 0 bridgehead atoms. The average molecular weight is 318 g/mol. The van der Waals surface area contributed by atoms with E-state index < -0.39 is 0 Å². The number of ketones is 1. The highest BCUT2D eigenvalue weighted by molar-refractivity contribution is 6.06. The summed E-state index contributed by atoms with van der Waals surface area (Å²) in [6.45, 7) is 0.786. The number of benzene rings is 2. The van der Waals surface area contributed by atoms with E-state index in [0.717, 1.165) is 17.9 Å². The first-order chi connectivity index (χ1) is 11.7. The number of hydrogen-bond acceptors (Lipinski definition) is 3. The van der Waals surface area contributed by atoms with Gasteiger partial charge in [0.2, 0.25) is 0 Å². The smallest absolute Gasteiger partial charge is 0.185 e. The molecule has 4 nitrogen and oxygen atoms in total. The van der Waals surface area contributed by atoms with Crippen molar-refractivity contribution in [1.82, 2.24) is 9.55 Å². The monoisotopic (exact) mass is 318 g/mol. The third-order valence-corrected chi connectivity index (χ3v) is 3.71. The van der Waals surface area contributed by atoms with Gasteiger partial charge < -0.3 is 9.30 Å². The molecule has 4 heteroatoms. The number of nitrogens with zero attached hydrogens (tertiary/aromatic N) is 2. The second-order valence-corrected chi connectivity index (χ2v) is 5.40. The number of aromatic nitrogens is 2. The zero-order chi connectivity index (χ0) is 16.8. The molecule has 1 aromatic heterocycles. The molecular weight excluding hydrogens is 300 g/mol. The summed E-state index contributed by atoms with van der Waals surface area (Å²) in [5.74, 6) is 0.712. The topological polar surface area (TPSA) is 44.1 Å². The molecule has 2 aromatic carbocycles. The van der Waals surface area contributed by atoms with Gasteiger partial charge in [0.25, 0.3) is 0 Å². The van der Waals surface area contributed by atoms with E-state index in [-0.39, 0.29) is 5.78 Å². The van der Waals surface area contributed by atoms with Gasteiger partial charge in [-0.05, 0) is 41.5 Å². The molecule has 0 N–H and O–H groups in total. The lowest BCUT2D eigenvalue weighted by atomic mass is 10.1. The van der Waals surface area contributed by atoms with Crippen molar-refractivity contribution in [3.8, 4) is 5.75 Å². The highest BCUT2D eigenvalue weighted by Gasteiger charge is 2.02. The Bertz CT molecular complexity index is 817. The van der Waals surface area contributed by atoms with E-state index in [2.05, 4.69) is 17.1 Å². The molecule has 0 radical (unpaired) electrons. The van der Waals surface area contributed by atoms with Crippen LogP contribution in [-0.2, 0) is 6.54 Å². The van der Waals surface area contributed by atoms with E-state index in [1.165, 1.54) is 5.56 Å². The van der Waals surface area contributed by atoms with Crippen molar-refractivity contribution in [3.05, 3.63) is 90.0 Å². The molecule has 0 saturated carbocycles. The second kappa shape index (κ2) is 7.42. The van der Waals surface area contributed by atoms with Gasteiger partial charge in [0.15, 0.2) is 5.78 Å². The van der Waals surface area contributed by atoms with E-state index in [4.69, 9.17) is 4.74 Å². The number of methoxy groups -OCH3 is 1. The number of ether oxygens (including phenoxy) is 1. The maximum Gasteiger partial charge on any atom is 0.185 e. The minimum Gasteiger partial charge on any atom is -0.497 e. The Morgan fingerprint density at radius 3 is 2.50 bits per heavy atom. The summed E-state index contributed by atoms with van der Waals surface area (Å²) in [6, 6.07) is 15.2. The van der Waals surface area contributed by atoms with Gasteiger partial charge in [-0.25, -0.2) is 4.98 Å². The minimum atomic E-state index is -0.0276. The predicted octanol–water partition coefficient (Wildman–Crippen LogP) is 3.84. The highest BCUT2D eigenvalue weighted by Crippen LogP contribution is 2.13. The Labute approximate surface area is 141 Å². The molecule has 3 aromatic rings. The van der Waals surface area contributed by atoms with E-state index in [1.807, 2.05) is 29.0 Å². The molecule has 0 spiro atoms. The first-order valence-electron chi connectivity index (χ1n) is 7.66. The van der Waals surface area contributed by atoms with Crippen LogP contribution in [0.1, 0.15) is 21.5 Å². The van der Waals surface area contributed by atoms with Crippen molar-refractivity contribution in [1.29, 1.82) is 0 Å². The lowest BCUT2D eigenvalue weighted by Crippen LogP contribution is -1.96. The number of carbonyl (C=O) groups is 1. The molecule has 0 saturated heterocycles. The lowest BCUT2D eigenvalue weighted by molar-refractivity contribution is 0.104. The summed E-state index contributed by atoms with van der Waals surface area (Å²) in [4.78, 5) is 16.2. The third-order valence-electron chi connectivity index (χ3n) is 3.71. The molecule has 120 valence electrons. The Morgan fingerprint density at radius 2 is 1.88 bits per heavy atom. The largest absolute Gasteiger partial charge is 0.497 e. The van der Waals surface area contributed by atoms with Crippen LogP contribution in [0.4, 0.5) is 0 Å². The van der Waals surface area contributed by atoms with Gasteiger partial charge in [-0.15, -0.1) is 0 Å². The summed E-state index contributed by atoms with van der Waals surface area (Å²) in [6.07, 6.45) is 8.91. The molecule has 0 atom stereocenters. The normalized spacial score (nSPS) is 10.9. The van der Waals surface area contributed by atoms with Crippen LogP contribution < -0.4 is 4.74 Å². The molecule has 0 amide bonds. The molecule has 0 fully saturated rings. The molecule has 0 unspecified atom stereocenters. The SMILES string of the molecule is COc1ccc(C(=O)/C=C/c2ccc(Cn3ccnc3)cc2)cc1. The van der Waals surface area contributed by atoms with Crippen molar-refractivity contribution in [3.63, 3.8) is 0 Å². The van der Waals surface area contributed by atoms with Crippen LogP contribution in [0, 0.1) is 0 Å². The van der Waals surface area contributed by atoms with E-state index in [0.29, 0.717) is 5.56 Å². The number of imidazole rings is 1. The summed E-state index contributed by atoms with van der Waals surface area (Å²) in [5, 5.41) is 0. The lowest BCUT2D eigenvalue weighted by Gasteiger charge is -2.03. The van der Waals surface area contributed by atoms with Gasteiger partial charge in [-0.2, -0.15) is 0 Å². The fourth-order valence-corrected chi connectivity index (χ4v) is 2.35. The quantitative estimate of drug-likeness (QED) is 0.512. The zero-order valence-corrected chi connectivity index (χ0v) is 13.4. The van der Waals surface area contributed by atoms with Gasteiger partial charge in [0, 0.05) is 24.5 Å². The van der Waals surface area contributed by atoms with E-state index in [9.17, 15) is 4.79 Å². The summed E-state index contributed by atoms with van der Waals surface area (Å²) < 4.78 is 7.10. The Kier molecular flexibility index (Phi) is 4.87. The van der Waals surface area contributed by atoms with E-state index >= 15 is 0 Å². The van der Waals surface area contributed by atoms with Crippen molar-refractivity contribution < 1.29 is 9.53 Å². The maximum absolute atomic E-state index is 12.2. The summed E-state index contributed by atoms with van der Waals surface area (Å²) in [7, 11) is 1.60. The van der Waals surface area contributed by atoms with Gasteiger partial charge >= 0.3 is 0 Å². The molecule has 0 aliphatic heterocycles. The Balaban J connectivity index is 1.64. The predicted molar refractivity (Wildman–Crippen MR) is 94.1 cm³/mol.